The van der Waals surface area contributed by atoms with Crippen molar-refractivity contribution >= 4 is 11.9 Å². The van der Waals surface area contributed by atoms with E-state index >= 15 is 0 Å². The quantitative estimate of drug-likeness (QED) is 0.485. The van der Waals surface area contributed by atoms with Gasteiger partial charge in [0.25, 0.3) is 0 Å². The molecule has 0 bridgehead atoms. The van der Waals surface area contributed by atoms with Crippen molar-refractivity contribution in [1.29, 1.82) is 0 Å². The lowest BCUT2D eigenvalue weighted by atomic mass is 10.0. The zero-order valence-corrected chi connectivity index (χ0v) is 14.0. The van der Waals surface area contributed by atoms with Crippen molar-refractivity contribution in [3.05, 3.63) is 39.4 Å². The highest BCUT2D eigenvalue weighted by atomic mass is 16.6. The second kappa shape index (κ2) is 5.12. The minimum absolute atomic E-state index is 0.0464. The van der Waals surface area contributed by atoms with Crippen LogP contribution in [-0.2, 0) is 4.74 Å². The summed E-state index contributed by atoms with van der Waals surface area (Å²) in [5.74, 6) is -2.41. The van der Waals surface area contributed by atoms with Crippen LogP contribution < -0.4 is 9.47 Å². The minimum Gasteiger partial charge on any atom is -0.508 e. The van der Waals surface area contributed by atoms with E-state index in [4.69, 9.17) is 14.2 Å². The van der Waals surface area contributed by atoms with E-state index in [1.807, 2.05) is 0 Å². The third kappa shape index (κ3) is 1.93. The maximum atomic E-state index is 12.6. The molecule has 0 amide bonds. The molecule has 0 spiro atoms. The number of aryl methyl sites for hydroxylation is 1. The lowest BCUT2D eigenvalue weighted by Crippen LogP contribution is -2.10. The lowest BCUT2D eigenvalue weighted by molar-refractivity contribution is -0.0555. The van der Waals surface area contributed by atoms with Crippen LogP contribution in [0.3, 0.4) is 0 Å². The zero-order chi connectivity index (χ0) is 18.9. The Balaban J connectivity index is 2.09. The smallest absolute Gasteiger partial charge is 0.347 e. The molecule has 134 valence electrons. The number of aliphatic hydroxyl groups is 1. The first-order valence-electron chi connectivity index (χ1n) is 7.74. The normalized spacial score (nSPS) is 17.5. The number of hydrogen-bond donors (Lipinski definition) is 3. The van der Waals surface area contributed by atoms with Crippen LogP contribution >= 0.6 is 0 Å². The summed E-state index contributed by atoms with van der Waals surface area (Å²) in [7, 11) is 0. The number of aliphatic hydroxyl groups excluding tert-OH is 1. The molecule has 8 nitrogen and oxygen atoms in total. The van der Waals surface area contributed by atoms with E-state index < -0.39 is 24.0 Å². The van der Waals surface area contributed by atoms with Gasteiger partial charge in [0.1, 0.15) is 28.4 Å². The van der Waals surface area contributed by atoms with Crippen LogP contribution in [0.2, 0.25) is 0 Å². The SMILES string of the molecule is Cc1cc(O)c(C)c2c1C(=O)Oc1c(C)c(O)c3c(c1O2)[C@H](O)OC3=O. The van der Waals surface area contributed by atoms with Gasteiger partial charge < -0.3 is 29.5 Å². The van der Waals surface area contributed by atoms with Crippen LogP contribution in [0.25, 0.3) is 0 Å². The number of cyclic esters (lactones) is 1. The van der Waals surface area contributed by atoms with Crippen molar-refractivity contribution in [2.45, 2.75) is 27.1 Å². The van der Waals surface area contributed by atoms with Crippen LogP contribution in [0.4, 0.5) is 0 Å². The summed E-state index contributed by atoms with van der Waals surface area (Å²) in [5.41, 5.74) is 0.521. The van der Waals surface area contributed by atoms with E-state index in [0.29, 0.717) is 5.56 Å². The molecule has 1 atom stereocenters. The number of phenolic OH excluding ortho intramolecular Hbond substituents is 2. The fourth-order valence-corrected chi connectivity index (χ4v) is 3.21. The van der Waals surface area contributed by atoms with E-state index in [2.05, 4.69) is 0 Å². The van der Waals surface area contributed by atoms with E-state index in [-0.39, 0.29) is 50.8 Å². The number of ether oxygens (including phenoxy) is 3. The standard InChI is InChI=1S/C18H14O8/c1-5-4-8(19)6(2)13-9(5)16(21)25-14-7(3)12(20)10-11(15(14)24-13)18(23)26-17(10)22/h4,18-20,23H,1-3H3/t18-/m1/s1. The van der Waals surface area contributed by atoms with E-state index in [1.54, 1.807) is 13.8 Å². The molecule has 8 heteroatoms. The van der Waals surface area contributed by atoms with Gasteiger partial charge in [0.05, 0.1) is 5.56 Å². The van der Waals surface area contributed by atoms with Gasteiger partial charge >= 0.3 is 11.9 Å². The van der Waals surface area contributed by atoms with Crippen molar-refractivity contribution in [2.24, 2.45) is 0 Å². The summed E-state index contributed by atoms with van der Waals surface area (Å²) in [4.78, 5) is 24.6. The molecular weight excluding hydrogens is 344 g/mol. The Labute approximate surface area is 147 Å². The Morgan fingerprint density at radius 1 is 0.885 bits per heavy atom. The van der Waals surface area contributed by atoms with Gasteiger partial charge in [-0.15, -0.1) is 0 Å². The van der Waals surface area contributed by atoms with Crippen molar-refractivity contribution in [3.63, 3.8) is 0 Å². The first kappa shape index (κ1) is 16.2. The number of carbonyl (C=O) groups excluding carboxylic acids is 2. The second-order valence-corrected chi connectivity index (χ2v) is 6.21. The maximum absolute atomic E-state index is 12.6. The van der Waals surface area contributed by atoms with Gasteiger partial charge in [-0.25, -0.2) is 9.59 Å². The molecule has 2 heterocycles. The predicted molar refractivity (Wildman–Crippen MR) is 85.8 cm³/mol. The van der Waals surface area contributed by atoms with Gasteiger partial charge in [-0.3, -0.25) is 0 Å². The van der Waals surface area contributed by atoms with Crippen molar-refractivity contribution in [2.75, 3.05) is 0 Å². The zero-order valence-electron chi connectivity index (χ0n) is 14.0. The molecule has 0 aliphatic carbocycles. The van der Waals surface area contributed by atoms with E-state index in [9.17, 15) is 24.9 Å². The van der Waals surface area contributed by atoms with Gasteiger partial charge in [-0.1, -0.05) is 0 Å². The summed E-state index contributed by atoms with van der Waals surface area (Å²) >= 11 is 0. The fourth-order valence-electron chi connectivity index (χ4n) is 3.21. The Hall–Kier alpha value is -3.26. The van der Waals surface area contributed by atoms with Gasteiger partial charge in [0.15, 0.2) is 11.5 Å². The van der Waals surface area contributed by atoms with Gasteiger partial charge in [0.2, 0.25) is 6.29 Å². The number of hydrogen-bond acceptors (Lipinski definition) is 8. The number of aromatic hydroxyl groups is 2. The third-order valence-electron chi connectivity index (χ3n) is 4.62. The Morgan fingerprint density at radius 3 is 2.27 bits per heavy atom. The summed E-state index contributed by atoms with van der Waals surface area (Å²) in [6.07, 6.45) is -1.68. The molecule has 0 aromatic heterocycles. The Bertz CT molecular complexity index is 1020. The molecule has 26 heavy (non-hydrogen) atoms. The van der Waals surface area contributed by atoms with Crippen LogP contribution in [-0.4, -0.2) is 27.3 Å². The van der Waals surface area contributed by atoms with Crippen LogP contribution in [0.5, 0.6) is 28.7 Å². The molecule has 0 saturated heterocycles. The van der Waals surface area contributed by atoms with Crippen molar-refractivity contribution in [1.82, 2.24) is 0 Å². The lowest BCUT2D eigenvalue weighted by Gasteiger charge is -2.16. The Morgan fingerprint density at radius 2 is 1.58 bits per heavy atom. The first-order chi connectivity index (χ1) is 12.2. The number of benzene rings is 2. The molecule has 3 N–H and O–H groups in total. The topological polar surface area (TPSA) is 123 Å². The Kier molecular flexibility index (Phi) is 3.19. The summed E-state index contributed by atoms with van der Waals surface area (Å²) in [6.45, 7) is 4.60. The summed E-state index contributed by atoms with van der Waals surface area (Å²) in [5, 5.41) is 30.5. The van der Waals surface area contributed by atoms with Gasteiger partial charge in [-0.2, -0.15) is 0 Å². The molecule has 4 rings (SSSR count). The number of esters is 2. The molecule has 2 aromatic carbocycles. The van der Waals surface area contributed by atoms with Crippen molar-refractivity contribution in [3.8, 4) is 28.7 Å². The van der Waals surface area contributed by atoms with E-state index in [1.165, 1.54) is 13.0 Å². The van der Waals surface area contributed by atoms with Crippen LogP contribution in [0.15, 0.2) is 6.07 Å². The fraction of sp³-hybridized carbons (Fsp3) is 0.222. The second-order valence-electron chi connectivity index (χ2n) is 6.21. The number of fused-ring (bicyclic) bond motifs is 4. The van der Waals surface area contributed by atoms with Gasteiger partial charge in [-0.05, 0) is 32.4 Å². The number of carbonyl (C=O) groups is 2. The molecule has 0 unspecified atom stereocenters. The summed E-state index contributed by atoms with van der Waals surface area (Å²) < 4.78 is 16.0. The molecular formula is C18H14O8. The predicted octanol–water partition coefficient (Wildman–Crippen LogP) is 2.51. The van der Waals surface area contributed by atoms with Crippen LogP contribution in [0, 0.1) is 20.8 Å². The highest BCUT2D eigenvalue weighted by Gasteiger charge is 2.42. The molecule has 2 aliphatic rings. The highest BCUT2D eigenvalue weighted by Crippen LogP contribution is 2.53. The largest absolute Gasteiger partial charge is 0.508 e. The molecule has 0 fully saturated rings. The first-order valence-corrected chi connectivity index (χ1v) is 7.74. The van der Waals surface area contributed by atoms with E-state index in [0.717, 1.165) is 0 Å². The number of rotatable bonds is 0. The average molecular weight is 358 g/mol. The number of phenols is 2. The molecule has 2 aromatic rings. The van der Waals surface area contributed by atoms with Crippen LogP contribution in [0.1, 0.15) is 49.3 Å². The monoisotopic (exact) mass is 358 g/mol. The minimum atomic E-state index is -1.68. The average Bonchev–Trinajstić information content (AvgIpc) is 2.76. The van der Waals surface area contributed by atoms with Gasteiger partial charge in [0, 0.05) is 11.1 Å². The molecule has 2 aliphatic heterocycles. The highest BCUT2D eigenvalue weighted by molar-refractivity contribution is 6.02. The molecule has 0 saturated carbocycles. The molecule has 0 radical (unpaired) electrons. The summed E-state index contributed by atoms with van der Waals surface area (Å²) in [6, 6.07) is 1.41. The maximum Gasteiger partial charge on any atom is 0.347 e. The van der Waals surface area contributed by atoms with Crippen molar-refractivity contribution < 1.29 is 39.1 Å². The third-order valence-corrected chi connectivity index (χ3v) is 4.62.